The summed E-state index contributed by atoms with van der Waals surface area (Å²) in [5.74, 6) is -0.792. The van der Waals surface area contributed by atoms with Crippen LogP contribution < -0.4 is 0 Å². The van der Waals surface area contributed by atoms with Crippen molar-refractivity contribution in [1.29, 1.82) is 0 Å². The third-order valence-corrected chi connectivity index (χ3v) is 2.47. The molecule has 1 rings (SSSR count). The van der Waals surface area contributed by atoms with Gasteiger partial charge in [-0.25, -0.2) is 9.59 Å². The fraction of sp³-hybridized carbons (Fsp3) is 0.286. The normalized spacial score (nSPS) is 10.4. The summed E-state index contributed by atoms with van der Waals surface area (Å²) in [6.45, 7) is 3.89. The summed E-state index contributed by atoms with van der Waals surface area (Å²) >= 11 is 0. The lowest BCUT2D eigenvalue weighted by Crippen LogP contribution is -2.04. The molecule has 4 heteroatoms. The molecule has 18 heavy (non-hydrogen) atoms. The molecule has 0 aromatic heterocycles. The second-order valence-electron chi connectivity index (χ2n) is 3.60. The molecule has 0 N–H and O–H groups in total. The average Bonchev–Trinajstić information content (AvgIpc) is 2.37. The van der Waals surface area contributed by atoms with E-state index in [-0.39, 0.29) is 5.97 Å². The van der Waals surface area contributed by atoms with Crippen LogP contribution in [-0.2, 0) is 14.3 Å². The minimum absolute atomic E-state index is 0.338. The zero-order valence-electron chi connectivity index (χ0n) is 10.7. The predicted octanol–water partition coefficient (Wildman–Crippen LogP) is 2.36. The summed E-state index contributed by atoms with van der Waals surface area (Å²) in [6.07, 6.45) is 2.96. The van der Waals surface area contributed by atoms with Gasteiger partial charge < -0.3 is 9.47 Å². The Labute approximate surface area is 106 Å². The highest BCUT2D eigenvalue weighted by molar-refractivity contribution is 5.93. The molecule has 0 atom stereocenters. The van der Waals surface area contributed by atoms with Crippen molar-refractivity contribution in [3.63, 3.8) is 0 Å². The van der Waals surface area contributed by atoms with E-state index >= 15 is 0 Å². The molecule has 0 amide bonds. The Balaban J connectivity index is 2.97. The van der Waals surface area contributed by atoms with Crippen LogP contribution in [0.3, 0.4) is 0 Å². The first kappa shape index (κ1) is 14.0. The van der Waals surface area contributed by atoms with Gasteiger partial charge in [0, 0.05) is 6.08 Å². The van der Waals surface area contributed by atoms with Gasteiger partial charge in [0.15, 0.2) is 0 Å². The summed E-state index contributed by atoms with van der Waals surface area (Å²) in [5.41, 5.74) is 2.04. The van der Waals surface area contributed by atoms with E-state index in [2.05, 4.69) is 4.74 Å². The van der Waals surface area contributed by atoms with Gasteiger partial charge in [-0.2, -0.15) is 0 Å². The van der Waals surface area contributed by atoms with E-state index in [0.29, 0.717) is 12.2 Å². The number of hydrogen-bond donors (Lipinski definition) is 0. The zero-order chi connectivity index (χ0) is 13.5. The predicted molar refractivity (Wildman–Crippen MR) is 68.2 cm³/mol. The van der Waals surface area contributed by atoms with Crippen molar-refractivity contribution in [3.8, 4) is 0 Å². The maximum absolute atomic E-state index is 11.5. The second-order valence-corrected chi connectivity index (χ2v) is 3.60. The van der Waals surface area contributed by atoms with E-state index in [0.717, 1.165) is 11.1 Å². The van der Waals surface area contributed by atoms with Crippen molar-refractivity contribution in [2.24, 2.45) is 0 Å². The van der Waals surface area contributed by atoms with Crippen LogP contribution in [0.5, 0.6) is 0 Å². The Morgan fingerprint density at radius 1 is 1.33 bits per heavy atom. The first-order valence-electron chi connectivity index (χ1n) is 5.63. The lowest BCUT2D eigenvalue weighted by atomic mass is 10.0. The number of benzene rings is 1. The van der Waals surface area contributed by atoms with Gasteiger partial charge in [0.1, 0.15) is 0 Å². The highest BCUT2D eigenvalue weighted by atomic mass is 16.5. The van der Waals surface area contributed by atoms with Gasteiger partial charge in [0.2, 0.25) is 0 Å². The molecule has 0 radical (unpaired) electrons. The first-order valence-corrected chi connectivity index (χ1v) is 5.63. The lowest BCUT2D eigenvalue weighted by molar-refractivity contribution is -0.137. The molecular formula is C14H16O4. The Kier molecular flexibility index (Phi) is 5.11. The van der Waals surface area contributed by atoms with Crippen LogP contribution in [0.4, 0.5) is 0 Å². The molecule has 96 valence electrons. The minimum atomic E-state index is -0.402. The van der Waals surface area contributed by atoms with Crippen LogP contribution in [0.15, 0.2) is 24.3 Å². The van der Waals surface area contributed by atoms with Crippen molar-refractivity contribution in [2.75, 3.05) is 13.7 Å². The molecule has 4 nitrogen and oxygen atoms in total. The van der Waals surface area contributed by atoms with Crippen molar-refractivity contribution < 1.29 is 19.1 Å². The molecule has 1 aromatic rings. The van der Waals surface area contributed by atoms with E-state index in [9.17, 15) is 9.59 Å². The fourth-order valence-corrected chi connectivity index (χ4v) is 1.51. The van der Waals surface area contributed by atoms with Crippen molar-refractivity contribution in [2.45, 2.75) is 13.8 Å². The Morgan fingerprint density at radius 2 is 2.06 bits per heavy atom. The number of esters is 2. The maximum atomic E-state index is 11.5. The third-order valence-electron chi connectivity index (χ3n) is 2.47. The van der Waals surface area contributed by atoms with Crippen LogP contribution >= 0.6 is 0 Å². The van der Waals surface area contributed by atoms with Gasteiger partial charge in [0.25, 0.3) is 0 Å². The summed E-state index contributed by atoms with van der Waals surface area (Å²) in [4.78, 5) is 22.7. The molecule has 0 aliphatic rings. The molecule has 0 unspecified atom stereocenters. The molecule has 0 bridgehead atoms. The molecule has 1 aromatic carbocycles. The number of carbonyl (C=O) groups is 2. The van der Waals surface area contributed by atoms with Crippen LogP contribution in [0.1, 0.15) is 28.4 Å². The zero-order valence-corrected chi connectivity index (χ0v) is 10.7. The monoisotopic (exact) mass is 248 g/mol. The van der Waals surface area contributed by atoms with E-state index in [1.54, 1.807) is 32.1 Å². The molecule has 0 aliphatic heterocycles. The van der Waals surface area contributed by atoms with E-state index in [4.69, 9.17) is 4.74 Å². The van der Waals surface area contributed by atoms with Gasteiger partial charge in [-0.1, -0.05) is 12.1 Å². The summed E-state index contributed by atoms with van der Waals surface area (Å²) in [6, 6.07) is 5.24. The average molecular weight is 248 g/mol. The Bertz CT molecular complexity index is 475. The lowest BCUT2D eigenvalue weighted by Gasteiger charge is -2.06. The van der Waals surface area contributed by atoms with Crippen LogP contribution in [0.25, 0.3) is 6.08 Å². The summed E-state index contributed by atoms with van der Waals surface area (Å²) in [7, 11) is 1.34. The second kappa shape index (κ2) is 6.59. The van der Waals surface area contributed by atoms with Gasteiger partial charge in [-0.05, 0) is 37.1 Å². The van der Waals surface area contributed by atoms with Crippen molar-refractivity contribution >= 4 is 18.0 Å². The van der Waals surface area contributed by atoms with Gasteiger partial charge >= 0.3 is 11.9 Å². The van der Waals surface area contributed by atoms with E-state index in [1.165, 1.54) is 13.2 Å². The standard InChI is InChI=1S/C14H16O4/c1-4-18-13(15)9-8-11-6-5-7-12(10(11)2)14(16)17-3/h5-9H,4H2,1-3H3. The topological polar surface area (TPSA) is 52.6 Å². The summed E-state index contributed by atoms with van der Waals surface area (Å²) in [5, 5.41) is 0. The van der Waals surface area contributed by atoms with Crippen molar-refractivity contribution in [3.05, 3.63) is 41.0 Å². The van der Waals surface area contributed by atoms with E-state index in [1.807, 2.05) is 6.07 Å². The molecule has 0 fully saturated rings. The molecular weight excluding hydrogens is 232 g/mol. The largest absolute Gasteiger partial charge is 0.465 e. The number of hydrogen-bond acceptors (Lipinski definition) is 4. The molecule has 0 saturated carbocycles. The number of methoxy groups -OCH3 is 1. The van der Waals surface area contributed by atoms with Gasteiger partial charge in [-0.15, -0.1) is 0 Å². The first-order chi connectivity index (χ1) is 8.60. The molecule has 0 saturated heterocycles. The van der Waals surface area contributed by atoms with Crippen molar-refractivity contribution in [1.82, 2.24) is 0 Å². The minimum Gasteiger partial charge on any atom is -0.465 e. The SMILES string of the molecule is CCOC(=O)C=Cc1cccc(C(=O)OC)c1C. The fourth-order valence-electron chi connectivity index (χ4n) is 1.51. The number of ether oxygens (including phenoxy) is 2. The van der Waals surface area contributed by atoms with Gasteiger partial charge in [0.05, 0.1) is 19.3 Å². The number of rotatable bonds is 4. The molecule has 0 heterocycles. The molecule has 0 spiro atoms. The van der Waals surface area contributed by atoms with Gasteiger partial charge in [-0.3, -0.25) is 0 Å². The maximum Gasteiger partial charge on any atom is 0.338 e. The highest BCUT2D eigenvalue weighted by Gasteiger charge is 2.10. The highest BCUT2D eigenvalue weighted by Crippen LogP contribution is 2.16. The Hall–Kier alpha value is -2.10. The van der Waals surface area contributed by atoms with Crippen LogP contribution in [0, 0.1) is 6.92 Å². The summed E-state index contributed by atoms with van der Waals surface area (Å²) < 4.78 is 9.47. The van der Waals surface area contributed by atoms with Crippen LogP contribution in [0.2, 0.25) is 0 Å². The molecule has 0 aliphatic carbocycles. The van der Waals surface area contributed by atoms with Crippen LogP contribution in [-0.4, -0.2) is 25.7 Å². The van der Waals surface area contributed by atoms with E-state index < -0.39 is 5.97 Å². The Morgan fingerprint density at radius 3 is 2.67 bits per heavy atom. The smallest absolute Gasteiger partial charge is 0.338 e. The quantitative estimate of drug-likeness (QED) is 0.606. The third kappa shape index (κ3) is 3.45. The number of carbonyl (C=O) groups excluding carboxylic acids is 2.